The van der Waals surface area contributed by atoms with E-state index >= 15 is 0 Å². The van der Waals surface area contributed by atoms with Crippen LogP contribution in [0.15, 0.2) is 23.0 Å². The first-order chi connectivity index (χ1) is 10.7. The Bertz CT molecular complexity index is 752. The molecule has 0 aliphatic heterocycles. The lowest BCUT2D eigenvalue weighted by Gasteiger charge is -2.26. The molecule has 2 aromatic heterocycles. The van der Waals surface area contributed by atoms with E-state index in [4.69, 9.17) is 0 Å². The van der Waals surface area contributed by atoms with E-state index in [1.54, 1.807) is 13.0 Å². The summed E-state index contributed by atoms with van der Waals surface area (Å²) in [7, 11) is 0. The van der Waals surface area contributed by atoms with Gasteiger partial charge in [-0.3, -0.25) is 14.7 Å². The van der Waals surface area contributed by atoms with Gasteiger partial charge in [0.1, 0.15) is 5.56 Å². The molecule has 124 valence electrons. The van der Waals surface area contributed by atoms with Gasteiger partial charge in [0.2, 0.25) is 0 Å². The van der Waals surface area contributed by atoms with Gasteiger partial charge in [-0.2, -0.15) is 5.10 Å². The Morgan fingerprint density at radius 3 is 2.65 bits per heavy atom. The van der Waals surface area contributed by atoms with E-state index < -0.39 is 11.5 Å². The van der Waals surface area contributed by atoms with Gasteiger partial charge >= 0.3 is 0 Å². The van der Waals surface area contributed by atoms with Crippen LogP contribution in [0.4, 0.5) is 5.82 Å². The number of aromatic nitrogens is 3. The molecule has 0 radical (unpaired) electrons. The highest BCUT2D eigenvalue weighted by atomic mass is 16.2. The van der Waals surface area contributed by atoms with Gasteiger partial charge in [0.05, 0.1) is 0 Å². The lowest BCUT2D eigenvalue weighted by atomic mass is 9.79. The number of aryl methyl sites for hydroxylation is 1. The van der Waals surface area contributed by atoms with E-state index in [0.717, 1.165) is 12.1 Å². The normalized spacial score (nSPS) is 12.9. The molecule has 0 bridgehead atoms. The first-order valence-electron chi connectivity index (χ1n) is 7.72. The molecule has 2 aromatic rings. The minimum Gasteiger partial charge on any atom is -0.326 e. The fraction of sp³-hybridized carbons (Fsp3) is 0.471. The Balaban J connectivity index is 2.07. The zero-order chi connectivity index (χ0) is 17.2. The average Bonchev–Trinajstić information content (AvgIpc) is 2.84. The van der Waals surface area contributed by atoms with Crippen molar-refractivity contribution < 1.29 is 4.79 Å². The van der Waals surface area contributed by atoms with Crippen LogP contribution in [0, 0.1) is 18.3 Å². The predicted octanol–water partition coefficient (Wildman–Crippen LogP) is 2.88. The van der Waals surface area contributed by atoms with Gasteiger partial charge in [-0.25, -0.2) is 0 Å². The molecule has 1 unspecified atom stereocenters. The Morgan fingerprint density at radius 2 is 2.04 bits per heavy atom. The molecule has 6 heteroatoms. The van der Waals surface area contributed by atoms with Crippen LogP contribution in [0.1, 0.15) is 49.4 Å². The Hall–Kier alpha value is -2.37. The molecule has 2 heterocycles. The Kier molecular flexibility index (Phi) is 4.73. The number of hydrogen-bond donors (Lipinski definition) is 3. The van der Waals surface area contributed by atoms with E-state index in [2.05, 4.69) is 48.2 Å². The number of carbonyl (C=O) groups is 1. The van der Waals surface area contributed by atoms with Crippen molar-refractivity contribution in [3.05, 3.63) is 45.5 Å². The molecule has 3 N–H and O–H groups in total. The number of pyridine rings is 1. The summed E-state index contributed by atoms with van der Waals surface area (Å²) in [5.74, 6) is 0.422. The van der Waals surface area contributed by atoms with Crippen LogP contribution in [0.5, 0.6) is 0 Å². The van der Waals surface area contributed by atoms with Crippen molar-refractivity contribution in [1.82, 2.24) is 15.2 Å². The summed E-state index contributed by atoms with van der Waals surface area (Å²) in [6.45, 7) is 10.5. The second kappa shape index (κ2) is 6.40. The van der Waals surface area contributed by atoms with Crippen LogP contribution in [0.2, 0.25) is 0 Å². The van der Waals surface area contributed by atoms with Crippen molar-refractivity contribution in [1.29, 1.82) is 0 Å². The molecule has 2 rings (SSSR count). The molecular formula is C17H24N4O2. The molecule has 0 aromatic carbocycles. The second-order valence-corrected chi connectivity index (χ2v) is 7.09. The molecule has 1 atom stereocenters. The van der Waals surface area contributed by atoms with Gasteiger partial charge < -0.3 is 10.3 Å². The molecule has 0 aliphatic carbocycles. The van der Waals surface area contributed by atoms with Gasteiger partial charge in [-0.15, -0.1) is 0 Å². The lowest BCUT2D eigenvalue weighted by molar-refractivity contribution is 0.102. The molecule has 0 saturated carbocycles. The van der Waals surface area contributed by atoms with Crippen molar-refractivity contribution in [2.45, 2.75) is 41.0 Å². The Labute approximate surface area is 135 Å². The van der Waals surface area contributed by atoms with Gasteiger partial charge in [0, 0.05) is 17.5 Å². The highest BCUT2D eigenvalue weighted by molar-refractivity contribution is 6.03. The van der Waals surface area contributed by atoms with E-state index in [0.29, 0.717) is 17.4 Å². The highest BCUT2D eigenvalue weighted by Gasteiger charge is 2.21. The number of H-pyrrole nitrogens is 2. The summed E-state index contributed by atoms with van der Waals surface area (Å²) < 4.78 is 0. The summed E-state index contributed by atoms with van der Waals surface area (Å²) in [6.07, 6.45) is 0.845. The van der Waals surface area contributed by atoms with E-state index in [1.807, 2.05) is 6.07 Å². The first-order valence-corrected chi connectivity index (χ1v) is 7.72. The number of carbonyl (C=O) groups excluding carboxylic acids is 1. The standard InChI is InChI=1S/C17H24N4O2/c1-10(17(3,4)5)8-12-9-14(21-20-12)19-16(23)13-7-6-11(2)18-15(13)22/h6-7,9-10H,8H2,1-5H3,(H,18,22)(H2,19,20,21,23). The van der Waals surface area contributed by atoms with E-state index in [-0.39, 0.29) is 11.0 Å². The van der Waals surface area contributed by atoms with Crippen molar-refractivity contribution in [2.24, 2.45) is 11.3 Å². The minimum absolute atomic E-state index is 0.0724. The van der Waals surface area contributed by atoms with Crippen molar-refractivity contribution in [2.75, 3.05) is 5.32 Å². The van der Waals surface area contributed by atoms with Gasteiger partial charge in [0.15, 0.2) is 5.82 Å². The van der Waals surface area contributed by atoms with E-state index in [9.17, 15) is 9.59 Å². The molecule has 0 saturated heterocycles. The fourth-order valence-electron chi connectivity index (χ4n) is 2.10. The summed E-state index contributed by atoms with van der Waals surface area (Å²) in [4.78, 5) is 26.5. The summed E-state index contributed by atoms with van der Waals surface area (Å²) in [5.41, 5.74) is 1.54. The summed E-state index contributed by atoms with van der Waals surface area (Å²) in [6, 6.07) is 5.01. The van der Waals surface area contributed by atoms with Crippen LogP contribution in [0.25, 0.3) is 0 Å². The summed E-state index contributed by atoms with van der Waals surface area (Å²) >= 11 is 0. The molecule has 0 fully saturated rings. The third kappa shape index (κ3) is 4.31. The van der Waals surface area contributed by atoms with Crippen molar-refractivity contribution in [3.63, 3.8) is 0 Å². The maximum absolute atomic E-state index is 12.2. The van der Waals surface area contributed by atoms with Crippen LogP contribution in [-0.4, -0.2) is 21.1 Å². The number of rotatable bonds is 4. The monoisotopic (exact) mass is 316 g/mol. The maximum Gasteiger partial charge on any atom is 0.262 e. The largest absolute Gasteiger partial charge is 0.326 e. The third-order valence-electron chi connectivity index (χ3n) is 4.18. The zero-order valence-corrected chi connectivity index (χ0v) is 14.3. The molecular weight excluding hydrogens is 292 g/mol. The van der Waals surface area contributed by atoms with Crippen LogP contribution in [-0.2, 0) is 6.42 Å². The number of nitrogens with one attached hydrogen (secondary N) is 3. The van der Waals surface area contributed by atoms with Crippen LogP contribution in [0.3, 0.4) is 0 Å². The number of anilines is 1. The molecule has 0 aliphatic rings. The molecule has 6 nitrogen and oxygen atoms in total. The molecule has 23 heavy (non-hydrogen) atoms. The average molecular weight is 316 g/mol. The quantitative estimate of drug-likeness (QED) is 0.810. The number of aromatic amines is 2. The zero-order valence-electron chi connectivity index (χ0n) is 14.3. The van der Waals surface area contributed by atoms with Crippen LogP contribution >= 0.6 is 0 Å². The van der Waals surface area contributed by atoms with E-state index in [1.165, 1.54) is 6.07 Å². The number of hydrogen-bond acceptors (Lipinski definition) is 3. The lowest BCUT2D eigenvalue weighted by Crippen LogP contribution is -2.23. The van der Waals surface area contributed by atoms with Crippen molar-refractivity contribution in [3.8, 4) is 0 Å². The summed E-state index contributed by atoms with van der Waals surface area (Å²) in [5, 5.41) is 9.68. The smallest absolute Gasteiger partial charge is 0.262 e. The highest BCUT2D eigenvalue weighted by Crippen LogP contribution is 2.28. The number of nitrogens with zero attached hydrogens (tertiary/aromatic N) is 1. The SMILES string of the molecule is Cc1ccc(C(=O)Nc2cc(CC(C)C(C)(C)C)[nH]n2)c(=O)[nH]1. The predicted molar refractivity (Wildman–Crippen MR) is 90.7 cm³/mol. The number of amides is 1. The van der Waals surface area contributed by atoms with Crippen LogP contribution < -0.4 is 10.9 Å². The van der Waals surface area contributed by atoms with Gasteiger partial charge in [-0.1, -0.05) is 27.7 Å². The first kappa shape index (κ1) is 17.0. The minimum atomic E-state index is -0.465. The van der Waals surface area contributed by atoms with Gasteiger partial charge in [0.25, 0.3) is 11.5 Å². The third-order valence-corrected chi connectivity index (χ3v) is 4.18. The second-order valence-electron chi connectivity index (χ2n) is 7.09. The molecule has 0 spiro atoms. The van der Waals surface area contributed by atoms with Crippen molar-refractivity contribution >= 4 is 11.7 Å². The van der Waals surface area contributed by atoms with Gasteiger partial charge in [-0.05, 0) is 36.8 Å². The topological polar surface area (TPSA) is 90.6 Å². The Morgan fingerprint density at radius 1 is 1.35 bits per heavy atom. The maximum atomic E-state index is 12.2. The fourth-order valence-corrected chi connectivity index (χ4v) is 2.10. The molecule has 1 amide bonds.